The average Bonchev–Trinajstić information content (AvgIpc) is 3.13. The van der Waals surface area contributed by atoms with Crippen LogP contribution in [0.15, 0.2) is 66.9 Å². The molecule has 0 fully saturated rings. The van der Waals surface area contributed by atoms with E-state index in [9.17, 15) is 0 Å². The van der Waals surface area contributed by atoms with Gasteiger partial charge >= 0.3 is 0 Å². The largest absolute Gasteiger partial charge is 0.361 e. The maximum Gasteiger partial charge on any atom is 0.0459 e. The fraction of sp³-hybridized carbons (Fsp3) is 0.357. The summed E-state index contributed by atoms with van der Waals surface area (Å²) in [6.45, 7) is 6.98. The molecule has 4 aromatic rings. The number of fused-ring (bicyclic) bond motifs is 2. The summed E-state index contributed by atoms with van der Waals surface area (Å²) in [7, 11) is 0. The lowest BCUT2D eigenvalue weighted by molar-refractivity contribution is 0.531. The molecule has 1 aromatic heterocycles. The summed E-state index contributed by atoms with van der Waals surface area (Å²) >= 11 is 0. The minimum Gasteiger partial charge on any atom is -0.361 e. The molecule has 0 spiro atoms. The third-order valence-corrected chi connectivity index (χ3v) is 6.15. The Morgan fingerprint density at radius 3 is 2.38 bits per heavy atom. The summed E-state index contributed by atoms with van der Waals surface area (Å²) in [5.41, 5.74) is 5.65. The van der Waals surface area contributed by atoms with E-state index < -0.39 is 0 Å². The molecule has 29 heavy (non-hydrogen) atoms. The van der Waals surface area contributed by atoms with Crippen LogP contribution in [0.2, 0.25) is 0 Å². The van der Waals surface area contributed by atoms with Gasteiger partial charge in [0.2, 0.25) is 0 Å². The van der Waals surface area contributed by atoms with E-state index in [1.165, 1.54) is 57.6 Å². The third kappa shape index (κ3) is 4.90. The van der Waals surface area contributed by atoms with Crippen molar-refractivity contribution in [1.29, 1.82) is 0 Å². The summed E-state index contributed by atoms with van der Waals surface area (Å²) in [6.07, 6.45) is 8.14. The lowest BCUT2D eigenvalue weighted by atomic mass is 9.93. The predicted octanol–water partition coefficient (Wildman–Crippen LogP) is 7.72. The quantitative estimate of drug-likeness (QED) is 0.320. The van der Waals surface area contributed by atoms with Crippen molar-refractivity contribution in [3.63, 3.8) is 0 Å². The highest BCUT2D eigenvalue weighted by Crippen LogP contribution is 2.24. The summed E-state index contributed by atoms with van der Waals surface area (Å²) in [6, 6.07) is 22.6. The molecule has 0 amide bonds. The smallest absolute Gasteiger partial charge is 0.0459 e. The van der Waals surface area contributed by atoms with E-state index >= 15 is 0 Å². The number of aromatic nitrogens is 1. The van der Waals surface area contributed by atoms with Crippen molar-refractivity contribution in [2.75, 3.05) is 0 Å². The molecule has 0 aliphatic heterocycles. The van der Waals surface area contributed by atoms with Gasteiger partial charge in [0.1, 0.15) is 0 Å². The summed E-state index contributed by atoms with van der Waals surface area (Å²) in [5, 5.41) is 4.08. The van der Waals surface area contributed by atoms with Gasteiger partial charge in [0.05, 0.1) is 0 Å². The fourth-order valence-electron chi connectivity index (χ4n) is 4.32. The molecule has 1 unspecified atom stereocenters. The number of aromatic amines is 1. The topological polar surface area (TPSA) is 15.8 Å². The van der Waals surface area contributed by atoms with Gasteiger partial charge in [-0.05, 0) is 77.5 Å². The van der Waals surface area contributed by atoms with Crippen LogP contribution in [-0.4, -0.2) is 4.98 Å². The van der Waals surface area contributed by atoms with Crippen LogP contribution >= 0.6 is 0 Å². The van der Waals surface area contributed by atoms with Crippen LogP contribution in [0.3, 0.4) is 0 Å². The Kier molecular flexibility index (Phi) is 6.04. The van der Waals surface area contributed by atoms with E-state index in [1.807, 2.05) is 0 Å². The molecular weight excluding hydrogens is 350 g/mol. The zero-order valence-electron chi connectivity index (χ0n) is 18.0. The predicted molar refractivity (Wildman–Crippen MR) is 127 cm³/mol. The van der Waals surface area contributed by atoms with Gasteiger partial charge in [-0.25, -0.2) is 0 Å². The first-order valence-corrected chi connectivity index (χ1v) is 11.1. The number of hydrogen-bond acceptors (Lipinski definition) is 0. The number of aryl methyl sites for hydroxylation is 2. The highest BCUT2D eigenvalue weighted by atomic mass is 14.7. The van der Waals surface area contributed by atoms with Gasteiger partial charge in [-0.15, -0.1) is 0 Å². The van der Waals surface area contributed by atoms with E-state index in [2.05, 4.69) is 92.6 Å². The van der Waals surface area contributed by atoms with Crippen LogP contribution in [0.1, 0.15) is 50.3 Å². The van der Waals surface area contributed by atoms with Gasteiger partial charge in [0.15, 0.2) is 0 Å². The Morgan fingerprint density at radius 2 is 1.55 bits per heavy atom. The number of nitrogens with one attached hydrogen (secondary N) is 1. The van der Waals surface area contributed by atoms with E-state index in [-0.39, 0.29) is 0 Å². The molecule has 150 valence electrons. The van der Waals surface area contributed by atoms with Gasteiger partial charge in [-0.2, -0.15) is 0 Å². The number of hydrogen-bond donors (Lipinski definition) is 1. The summed E-state index contributed by atoms with van der Waals surface area (Å²) in [4.78, 5) is 3.50. The molecule has 0 radical (unpaired) electrons. The molecule has 1 N–H and O–H groups in total. The fourth-order valence-corrected chi connectivity index (χ4v) is 4.32. The minimum absolute atomic E-state index is 0.675. The first-order valence-electron chi connectivity index (χ1n) is 11.1. The average molecular weight is 384 g/mol. The second kappa shape index (κ2) is 8.86. The normalized spacial score (nSPS) is 12.8. The van der Waals surface area contributed by atoms with Crippen molar-refractivity contribution >= 4 is 21.7 Å². The first-order chi connectivity index (χ1) is 14.1. The molecule has 3 aromatic carbocycles. The Hall–Kier alpha value is -2.54. The summed E-state index contributed by atoms with van der Waals surface area (Å²) in [5.74, 6) is 1.43. The Morgan fingerprint density at radius 1 is 0.759 bits per heavy atom. The zero-order chi connectivity index (χ0) is 20.2. The maximum atomic E-state index is 3.50. The monoisotopic (exact) mass is 383 g/mol. The second-order valence-corrected chi connectivity index (χ2v) is 9.16. The molecule has 1 atom stereocenters. The van der Waals surface area contributed by atoms with E-state index in [1.54, 1.807) is 0 Å². The van der Waals surface area contributed by atoms with Crippen LogP contribution in [0.25, 0.3) is 21.7 Å². The van der Waals surface area contributed by atoms with Gasteiger partial charge in [0, 0.05) is 17.1 Å². The number of benzene rings is 3. The molecule has 1 heterocycles. The van der Waals surface area contributed by atoms with Crippen molar-refractivity contribution in [2.45, 2.75) is 52.9 Å². The summed E-state index contributed by atoms with van der Waals surface area (Å²) < 4.78 is 0. The molecule has 4 rings (SSSR count). The van der Waals surface area contributed by atoms with Crippen molar-refractivity contribution < 1.29 is 0 Å². The first kappa shape index (κ1) is 19.8. The lowest BCUT2D eigenvalue weighted by Gasteiger charge is -2.12. The van der Waals surface area contributed by atoms with Crippen LogP contribution < -0.4 is 0 Å². The standard InChI is InChI=1S/C28H33N/c1-20(2)8-13-26-19-29-28-18-23(12-15-27(26)28)16-21(3)9-10-22-11-14-24-6-4-5-7-25(24)17-22/h4-7,11-12,14-15,17-21,29H,8-10,13,16H2,1-3H3. The Bertz CT molecular complexity index is 1090. The maximum absolute atomic E-state index is 3.50. The van der Waals surface area contributed by atoms with Gasteiger partial charge in [-0.3, -0.25) is 0 Å². The van der Waals surface area contributed by atoms with Crippen molar-refractivity contribution in [3.8, 4) is 0 Å². The second-order valence-electron chi connectivity index (χ2n) is 9.16. The van der Waals surface area contributed by atoms with E-state index in [0.717, 1.165) is 18.8 Å². The molecule has 1 nitrogen and oxygen atoms in total. The molecule has 0 saturated carbocycles. The van der Waals surface area contributed by atoms with E-state index in [4.69, 9.17) is 0 Å². The Labute approximate surface area is 175 Å². The van der Waals surface area contributed by atoms with Crippen LogP contribution in [0.4, 0.5) is 0 Å². The lowest BCUT2D eigenvalue weighted by Crippen LogP contribution is -2.02. The highest BCUT2D eigenvalue weighted by Gasteiger charge is 2.09. The zero-order valence-corrected chi connectivity index (χ0v) is 18.0. The molecule has 1 heteroatoms. The SMILES string of the molecule is CC(C)CCc1c[nH]c2cc(CC(C)CCc3ccc4ccccc4c3)ccc12. The van der Waals surface area contributed by atoms with Crippen molar-refractivity contribution in [2.24, 2.45) is 11.8 Å². The van der Waals surface area contributed by atoms with Crippen LogP contribution in [0.5, 0.6) is 0 Å². The van der Waals surface area contributed by atoms with Gasteiger partial charge < -0.3 is 4.98 Å². The molecule has 0 aliphatic carbocycles. The van der Waals surface area contributed by atoms with Crippen molar-refractivity contribution in [3.05, 3.63) is 83.6 Å². The molecule has 0 bridgehead atoms. The Balaban J connectivity index is 1.37. The third-order valence-electron chi connectivity index (χ3n) is 6.15. The number of H-pyrrole nitrogens is 1. The van der Waals surface area contributed by atoms with Gasteiger partial charge in [-0.1, -0.05) is 75.4 Å². The van der Waals surface area contributed by atoms with Gasteiger partial charge in [0.25, 0.3) is 0 Å². The van der Waals surface area contributed by atoms with Crippen LogP contribution in [-0.2, 0) is 19.3 Å². The minimum atomic E-state index is 0.675. The number of rotatable bonds is 8. The van der Waals surface area contributed by atoms with Crippen molar-refractivity contribution in [1.82, 2.24) is 4.98 Å². The van der Waals surface area contributed by atoms with Crippen LogP contribution in [0, 0.1) is 11.8 Å². The molecule has 0 saturated heterocycles. The molecule has 0 aliphatic rings. The van der Waals surface area contributed by atoms with E-state index in [0.29, 0.717) is 5.92 Å². The highest BCUT2D eigenvalue weighted by molar-refractivity contribution is 5.84. The molecular formula is C28H33N.